The predicted octanol–water partition coefficient (Wildman–Crippen LogP) is 5.09. The highest BCUT2D eigenvalue weighted by atomic mass is 16.5. The molecule has 6 nitrogen and oxygen atoms in total. The van der Waals surface area contributed by atoms with Gasteiger partial charge >= 0.3 is 0 Å². The molecule has 0 spiro atoms. The summed E-state index contributed by atoms with van der Waals surface area (Å²) in [7, 11) is 1.67. The summed E-state index contributed by atoms with van der Waals surface area (Å²) in [6, 6.07) is 23.0. The number of rotatable bonds is 5. The average Bonchev–Trinajstić information content (AvgIpc) is 3.08. The third-order valence-electron chi connectivity index (χ3n) is 6.33. The van der Waals surface area contributed by atoms with Crippen LogP contribution in [-0.2, 0) is 4.74 Å². The topological polar surface area (TPSA) is 58.5 Å². The summed E-state index contributed by atoms with van der Waals surface area (Å²) in [6.45, 7) is 7.79. The van der Waals surface area contributed by atoms with Crippen molar-refractivity contribution in [2.75, 3.05) is 38.3 Å². The van der Waals surface area contributed by atoms with Crippen molar-refractivity contribution in [3.8, 4) is 5.75 Å². The molecule has 0 aromatic heterocycles. The molecule has 0 amide bonds. The first-order valence-electron chi connectivity index (χ1n) is 11.8. The van der Waals surface area contributed by atoms with Gasteiger partial charge < -0.3 is 14.4 Å². The summed E-state index contributed by atoms with van der Waals surface area (Å²) in [4.78, 5) is 7.32. The highest BCUT2D eigenvalue weighted by Gasteiger charge is 2.19. The van der Waals surface area contributed by atoms with Crippen molar-refractivity contribution < 1.29 is 9.47 Å². The zero-order valence-electron chi connectivity index (χ0n) is 19.9. The third-order valence-corrected chi connectivity index (χ3v) is 6.33. The van der Waals surface area contributed by atoms with Crippen molar-refractivity contribution in [1.29, 1.82) is 0 Å². The van der Waals surface area contributed by atoms with Crippen LogP contribution in [0.3, 0.4) is 0 Å². The van der Waals surface area contributed by atoms with E-state index < -0.39 is 0 Å². The lowest BCUT2D eigenvalue weighted by molar-refractivity contribution is 0.122. The Kier molecular flexibility index (Phi) is 6.32. The minimum absolute atomic E-state index is 0.413. The van der Waals surface area contributed by atoms with Crippen LogP contribution < -0.4 is 15.1 Å². The molecule has 3 aromatic carbocycles. The van der Waals surface area contributed by atoms with Crippen molar-refractivity contribution >= 4 is 22.9 Å². The first-order chi connectivity index (χ1) is 16.6. The highest BCUT2D eigenvalue weighted by molar-refractivity contribution is 6.18. The van der Waals surface area contributed by atoms with Crippen molar-refractivity contribution in [2.24, 2.45) is 10.1 Å². The quantitative estimate of drug-likeness (QED) is 0.584. The maximum absolute atomic E-state index is 5.49. The Morgan fingerprint density at radius 3 is 2.29 bits per heavy atom. The lowest BCUT2D eigenvalue weighted by Crippen LogP contribution is -2.36. The minimum Gasteiger partial charge on any atom is -0.497 e. The van der Waals surface area contributed by atoms with Crippen LogP contribution in [0.4, 0.5) is 11.4 Å². The summed E-state index contributed by atoms with van der Waals surface area (Å²) in [5, 5.41) is 4.85. The van der Waals surface area contributed by atoms with Crippen LogP contribution in [0.15, 0.2) is 76.8 Å². The lowest BCUT2D eigenvalue weighted by atomic mass is 9.94. The van der Waals surface area contributed by atoms with Crippen LogP contribution in [0.25, 0.3) is 0 Å². The van der Waals surface area contributed by atoms with Gasteiger partial charge in [0, 0.05) is 35.5 Å². The molecule has 1 N–H and O–H groups in total. The number of hydrogen-bond acceptors (Lipinski definition) is 6. The Morgan fingerprint density at radius 1 is 0.912 bits per heavy atom. The smallest absolute Gasteiger partial charge is 0.154 e. The number of methoxy groups -OCH3 is 1. The maximum atomic E-state index is 5.49. The van der Waals surface area contributed by atoms with Crippen molar-refractivity contribution in [3.63, 3.8) is 0 Å². The Balaban J connectivity index is 1.53. The monoisotopic (exact) mass is 454 g/mol. The molecule has 1 saturated heterocycles. The van der Waals surface area contributed by atoms with Gasteiger partial charge in [-0.25, -0.2) is 4.99 Å². The van der Waals surface area contributed by atoms with E-state index in [1.807, 2.05) is 24.3 Å². The molecular formula is C28H30N4O2. The summed E-state index contributed by atoms with van der Waals surface area (Å²) in [5.74, 6) is 1.93. The van der Waals surface area contributed by atoms with E-state index in [9.17, 15) is 0 Å². The minimum atomic E-state index is 0.413. The van der Waals surface area contributed by atoms with Crippen LogP contribution in [-0.4, -0.2) is 45.0 Å². The van der Waals surface area contributed by atoms with Crippen molar-refractivity contribution in [3.05, 3.63) is 89.0 Å². The molecule has 34 heavy (non-hydrogen) atoms. The van der Waals surface area contributed by atoms with Crippen LogP contribution in [0.1, 0.15) is 42.0 Å². The molecule has 0 saturated carbocycles. The number of hydrazone groups is 1. The number of hydrogen-bond donors (Lipinski definition) is 1. The molecule has 6 heteroatoms. The number of benzene rings is 3. The van der Waals surface area contributed by atoms with E-state index in [1.54, 1.807) is 7.11 Å². The first kappa shape index (κ1) is 22.2. The van der Waals surface area contributed by atoms with Gasteiger partial charge in [0.2, 0.25) is 0 Å². The van der Waals surface area contributed by atoms with E-state index in [1.165, 1.54) is 11.3 Å². The van der Waals surface area contributed by atoms with Gasteiger partial charge in [-0.3, -0.25) is 5.43 Å². The molecule has 0 aliphatic carbocycles. The van der Waals surface area contributed by atoms with Crippen molar-refractivity contribution in [2.45, 2.75) is 19.8 Å². The zero-order valence-corrected chi connectivity index (χ0v) is 19.9. The Morgan fingerprint density at radius 2 is 1.62 bits per heavy atom. The summed E-state index contributed by atoms with van der Waals surface area (Å²) >= 11 is 0. The second-order valence-corrected chi connectivity index (χ2v) is 8.84. The molecule has 1 fully saturated rings. The summed E-state index contributed by atoms with van der Waals surface area (Å²) in [6.07, 6.45) is 0. The van der Waals surface area contributed by atoms with Crippen LogP contribution >= 0.6 is 0 Å². The van der Waals surface area contributed by atoms with E-state index >= 15 is 0 Å². The second-order valence-electron chi connectivity index (χ2n) is 8.84. The number of anilines is 1. The van der Waals surface area contributed by atoms with Gasteiger partial charge in [0.25, 0.3) is 0 Å². The molecule has 2 heterocycles. The molecule has 2 aliphatic heterocycles. The maximum Gasteiger partial charge on any atom is 0.154 e. The van der Waals surface area contributed by atoms with E-state index in [0.717, 1.165) is 60.1 Å². The standard InChI is InChI=1S/C28H30N4O2/c1-19(2)22-8-13-26-25(18-22)27(20-4-9-23(10-5-20)32-14-16-34-17-15-32)30-31-28(29-26)21-6-11-24(33-3)12-7-21/h4-13,18-19H,14-17H2,1-3H3,(H,29,31). The molecule has 0 bridgehead atoms. The largest absolute Gasteiger partial charge is 0.497 e. The SMILES string of the molecule is COc1ccc(C2=Nc3ccc(C(C)C)cc3C(c3ccc(N4CCOCC4)cc3)=NN2)cc1. The van der Waals surface area contributed by atoms with E-state index in [0.29, 0.717) is 11.8 Å². The van der Waals surface area contributed by atoms with E-state index in [2.05, 4.69) is 66.6 Å². The predicted molar refractivity (Wildman–Crippen MR) is 138 cm³/mol. The summed E-state index contributed by atoms with van der Waals surface area (Å²) < 4.78 is 10.8. The molecule has 0 atom stereocenters. The Labute approximate surface area is 200 Å². The first-order valence-corrected chi connectivity index (χ1v) is 11.8. The Hall–Kier alpha value is -3.64. The molecule has 0 unspecified atom stereocenters. The van der Waals surface area contributed by atoms with Crippen LogP contribution in [0.5, 0.6) is 5.75 Å². The zero-order chi connectivity index (χ0) is 23.5. The Bertz CT molecular complexity index is 1210. The van der Waals surface area contributed by atoms with Gasteiger partial charge in [0.05, 0.1) is 31.7 Å². The fraction of sp³-hybridized carbons (Fsp3) is 0.286. The molecule has 174 valence electrons. The van der Waals surface area contributed by atoms with Gasteiger partial charge in [-0.1, -0.05) is 32.0 Å². The molecule has 0 radical (unpaired) electrons. The number of nitrogens with one attached hydrogen (secondary N) is 1. The van der Waals surface area contributed by atoms with Gasteiger partial charge in [-0.15, -0.1) is 0 Å². The number of nitrogens with zero attached hydrogens (tertiary/aromatic N) is 3. The number of fused-ring (bicyclic) bond motifs is 1. The molecule has 3 aromatic rings. The van der Waals surface area contributed by atoms with Gasteiger partial charge in [0.1, 0.15) is 5.75 Å². The molecule has 5 rings (SSSR count). The van der Waals surface area contributed by atoms with Gasteiger partial charge in [-0.05, 0) is 60.0 Å². The lowest BCUT2D eigenvalue weighted by Gasteiger charge is -2.29. The second kappa shape index (κ2) is 9.69. The van der Waals surface area contributed by atoms with E-state index in [4.69, 9.17) is 19.6 Å². The van der Waals surface area contributed by atoms with Gasteiger partial charge in [-0.2, -0.15) is 5.10 Å². The van der Waals surface area contributed by atoms with E-state index in [-0.39, 0.29) is 0 Å². The average molecular weight is 455 g/mol. The fourth-order valence-electron chi connectivity index (χ4n) is 4.26. The number of ether oxygens (including phenoxy) is 2. The fourth-order valence-corrected chi connectivity index (χ4v) is 4.26. The summed E-state index contributed by atoms with van der Waals surface area (Å²) in [5.41, 5.74) is 10.5. The van der Waals surface area contributed by atoms with Gasteiger partial charge in [0.15, 0.2) is 5.84 Å². The molecular weight excluding hydrogens is 424 g/mol. The van der Waals surface area contributed by atoms with Crippen molar-refractivity contribution in [1.82, 2.24) is 5.43 Å². The number of aliphatic imine (C=N–C) groups is 1. The van der Waals surface area contributed by atoms with Crippen LogP contribution in [0.2, 0.25) is 0 Å². The number of amidine groups is 1. The third kappa shape index (κ3) is 4.54. The highest BCUT2D eigenvalue weighted by Crippen LogP contribution is 2.30. The number of morpholine rings is 1. The molecule has 2 aliphatic rings. The normalized spacial score (nSPS) is 15.7. The van der Waals surface area contributed by atoms with Crippen LogP contribution in [0, 0.1) is 0 Å².